The fraction of sp³-hybridized carbons (Fsp3) is 0.333. The number of nitrogens with one attached hydrogen (secondary N) is 1. The SMILES string of the molecule is CCC(=O)NCc1nc2ccccc2n1CCCCOc1ccccc1. The molecule has 0 unspecified atom stereocenters. The molecule has 0 saturated carbocycles. The van der Waals surface area contributed by atoms with Crippen molar-refractivity contribution in [3.05, 3.63) is 60.4 Å². The summed E-state index contributed by atoms with van der Waals surface area (Å²) in [7, 11) is 0. The molecule has 0 saturated heterocycles. The summed E-state index contributed by atoms with van der Waals surface area (Å²) in [5, 5.41) is 2.93. The summed E-state index contributed by atoms with van der Waals surface area (Å²) in [5.74, 6) is 1.85. The van der Waals surface area contributed by atoms with Crippen molar-refractivity contribution in [2.24, 2.45) is 0 Å². The molecule has 5 heteroatoms. The van der Waals surface area contributed by atoms with E-state index in [0.29, 0.717) is 19.6 Å². The molecule has 2 aromatic carbocycles. The molecular formula is C21H25N3O2. The Morgan fingerprint density at radius 3 is 2.65 bits per heavy atom. The zero-order valence-corrected chi connectivity index (χ0v) is 15.1. The van der Waals surface area contributed by atoms with Crippen molar-refractivity contribution in [1.29, 1.82) is 0 Å². The quantitative estimate of drug-likeness (QED) is 0.595. The maximum atomic E-state index is 11.6. The molecule has 0 radical (unpaired) electrons. The molecule has 0 atom stereocenters. The number of amides is 1. The Labute approximate surface area is 154 Å². The summed E-state index contributed by atoms with van der Waals surface area (Å²) in [6, 6.07) is 18.0. The lowest BCUT2D eigenvalue weighted by Gasteiger charge is -2.10. The van der Waals surface area contributed by atoms with Crippen molar-refractivity contribution in [3.63, 3.8) is 0 Å². The Morgan fingerprint density at radius 2 is 1.85 bits per heavy atom. The zero-order chi connectivity index (χ0) is 18.2. The molecule has 1 N–H and O–H groups in total. The average Bonchev–Trinajstić information content (AvgIpc) is 3.04. The molecule has 1 amide bonds. The van der Waals surface area contributed by atoms with Crippen molar-refractivity contribution < 1.29 is 9.53 Å². The molecule has 1 heterocycles. The molecule has 5 nitrogen and oxygen atoms in total. The van der Waals surface area contributed by atoms with Crippen LogP contribution >= 0.6 is 0 Å². The monoisotopic (exact) mass is 351 g/mol. The number of hydrogen-bond acceptors (Lipinski definition) is 3. The lowest BCUT2D eigenvalue weighted by molar-refractivity contribution is -0.120. The van der Waals surface area contributed by atoms with Gasteiger partial charge in [0.2, 0.25) is 5.91 Å². The van der Waals surface area contributed by atoms with E-state index in [-0.39, 0.29) is 5.91 Å². The number of para-hydroxylation sites is 3. The van der Waals surface area contributed by atoms with Crippen LogP contribution in [0, 0.1) is 0 Å². The highest BCUT2D eigenvalue weighted by Crippen LogP contribution is 2.17. The fourth-order valence-corrected chi connectivity index (χ4v) is 2.89. The first-order valence-corrected chi connectivity index (χ1v) is 9.16. The van der Waals surface area contributed by atoms with Crippen molar-refractivity contribution in [3.8, 4) is 5.75 Å². The van der Waals surface area contributed by atoms with Crippen LogP contribution in [0.1, 0.15) is 32.0 Å². The van der Waals surface area contributed by atoms with Gasteiger partial charge in [-0.2, -0.15) is 0 Å². The summed E-state index contributed by atoms with van der Waals surface area (Å²) >= 11 is 0. The number of aryl methyl sites for hydroxylation is 1. The van der Waals surface area contributed by atoms with Crippen LogP contribution in [0.5, 0.6) is 5.75 Å². The van der Waals surface area contributed by atoms with Crippen LogP contribution in [-0.4, -0.2) is 22.1 Å². The van der Waals surface area contributed by atoms with Gasteiger partial charge >= 0.3 is 0 Å². The molecule has 0 aliphatic heterocycles. The fourth-order valence-electron chi connectivity index (χ4n) is 2.89. The van der Waals surface area contributed by atoms with Crippen LogP contribution in [0.4, 0.5) is 0 Å². The Bertz CT molecular complexity index is 843. The molecule has 0 spiro atoms. The summed E-state index contributed by atoms with van der Waals surface area (Å²) < 4.78 is 7.96. The van der Waals surface area contributed by atoms with Crippen molar-refractivity contribution in [2.45, 2.75) is 39.3 Å². The zero-order valence-electron chi connectivity index (χ0n) is 15.1. The number of carbonyl (C=O) groups excluding carboxylic acids is 1. The molecule has 3 rings (SSSR count). The number of aromatic nitrogens is 2. The van der Waals surface area contributed by atoms with Gasteiger partial charge in [-0.15, -0.1) is 0 Å². The summed E-state index contributed by atoms with van der Waals surface area (Å²) in [5.41, 5.74) is 2.08. The van der Waals surface area contributed by atoms with Gasteiger partial charge in [0.05, 0.1) is 24.2 Å². The molecule has 26 heavy (non-hydrogen) atoms. The van der Waals surface area contributed by atoms with Gasteiger partial charge in [0.25, 0.3) is 0 Å². The second kappa shape index (κ2) is 9.04. The van der Waals surface area contributed by atoms with E-state index >= 15 is 0 Å². The third-order valence-corrected chi connectivity index (χ3v) is 4.29. The number of hydrogen-bond donors (Lipinski definition) is 1. The number of nitrogens with zero attached hydrogens (tertiary/aromatic N) is 2. The maximum Gasteiger partial charge on any atom is 0.220 e. The van der Waals surface area contributed by atoms with Gasteiger partial charge in [-0.05, 0) is 37.1 Å². The van der Waals surface area contributed by atoms with Gasteiger partial charge < -0.3 is 14.6 Å². The molecule has 0 bridgehead atoms. The number of benzene rings is 2. The predicted molar refractivity (Wildman–Crippen MR) is 103 cm³/mol. The third-order valence-electron chi connectivity index (χ3n) is 4.29. The van der Waals surface area contributed by atoms with Crippen LogP contribution in [0.2, 0.25) is 0 Å². The first-order chi connectivity index (χ1) is 12.8. The van der Waals surface area contributed by atoms with Gasteiger partial charge in [0, 0.05) is 13.0 Å². The Kier molecular flexibility index (Phi) is 6.25. The van der Waals surface area contributed by atoms with Crippen molar-refractivity contribution in [2.75, 3.05) is 6.61 Å². The lowest BCUT2D eigenvalue weighted by Crippen LogP contribution is -2.23. The first kappa shape index (κ1) is 18.0. The summed E-state index contributed by atoms with van der Waals surface area (Å²) in [4.78, 5) is 16.3. The smallest absolute Gasteiger partial charge is 0.220 e. The number of carbonyl (C=O) groups is 1. The molecule has 136 valence electrons. The average molecular weight is 351 g/mol. The Morgan fingerprint density at radius 1 is 1.08 bits per heavy atom. The normalized spacial score (nSPS) is 10.8. The molecule has 0 fully saturated rings. The van der Waals surface area contributed by atoms with E-state index in [0.717, 1.165) is 42.0 Å². The number of rotatable bonds is 9. The molecule has 3 aromatic rings. The first-order valence-electron chi connectivity index (χ1n) is 9.16. The van der Waals surface area contributed by atoms with Crippen LogP contribution in [-0.2, 0) is 17.9 Å². The van der Waals surface area contributed by atoms with E-state index in [4.69, 9.17) is 4.74 Å². The minimum absolute atomic E-state index is 0.0415. The molecule has 1 aromatic heterocycles. The Balaban J connectivity index is 1.59. The van der Waals surface area contributed by atoms with Crippen LogP contribution < -0.4 is 10.1 Å². The van der Waals surface area contributed by atoms with E-state index in [9.17, 15) is 4.79 Å². The van der Waals surface area contributed by atoms with Gasteiger partial charge in [-0.1, -0.05) is 37.3 Å². The minimum Gasteiger partial charge on any atom is -0.494 e. The van der Waals surface area contributed by atoms with E-state index in [1.54, 1.807) is 0 Å². The largest absolute Gasteiger partial charge is 0.494 e. The number of imidazole rings is 1. The van der Waals surface area contributed by atoms with Crippen LogP contribution in [0.25, 0.3) is 11.0 Å². The van der Waals surface area contributed by atoms with Gasteiger partial charge in [0.1, 0.15) is 11.6 Å². The lowest BCUT2D eigenvalue weighted by atomic mass is 10.3. The van der Waals surface area contributed by atoms with E-state index in [1.807, 2.05) is 55.5 Å². The second-order valence-corrected chi connectivity index (χ2v) is 6.17. The number of fused-ring (bicyclic) bond motifs is 1. The topological polar surface area (TPSA) is 56.2 Å². The van der Waals surface area contributed by atoms with Gasteiger partial charge in [-0.25, -0.2) is 4.98 Å². The maximum absolute atomic E-state index is 11.6. The Hall–Kier alpha value is -2.82. The van der Waals surface area contributed by atoms with E-state index < -0.39 is 0 Å². The molecule has 0 aliphatic carbocycles. The van der Waals surface area contributed by atoms with Crippen LogP contribution in [0.3, 0.4) is 0 Å². The van der Waals surface area contributed by atoms with E-state index in [1.165, 1.54) is 0 Å². The highest BCUT2D eigenvalue weighted by atomic mass is 16.5. The molecular weight excluding hydrogens is 326 g/mol. The van der Waals surface area contributed by atoms with Crippen LogP contribution in [0.15, 0.2) is 54.6 Å². The highest BCUT2D eigenvalue weighted by molar-refractivity contribution is 5.77. The number of unbranched alkanes of at least 4 members (excludes halogenated alkanes) is 1. The highest BCUT2D eigenvalue weighted by Gasteiger charge is 2.10. The van der Waals surface area contributed by atoms with Gasteiger partial charge in [0.15, 0.2) is 0 Å². The summed E-state index contributed by atoms with van der Waals surface area (Å²) in [6.07, 6.45) is 2.43. The van der Waals surface area contributed by atoms with Crippen molar-refractivity contribution >= 4 is 16.9 Å². The number of ether oxygens (including phenoxy) is 1. The van der Waals surface area contributed by atoms with Crippen molar-refractivity contribution in [1.82, 2.24) is 14.9 Å². The summed E-state index contributed by atoms with van der Waals surface area (Å²) in [6.45, 7) is 3.86. The van der Waals surface area contributed by atoms with Gasteiger partial charge in [-0.3, -0.25) is 4.79 Å². The third kappa shape index (κ3) is 4.63. The predicted octanol–water partition coefficient (Wildman–Crippen LogP) is 3.92. The standard InChI is InChI=1S/C21H25N3O2/c1-2-21(25)22-16-20-23-18-12-6-7-13-19(18)24(20)14-8-9-15-26-17-10-4-3-5-11-17/h3-7,10-13H,2,8-9,14-16H2,1H3,(H,22,25). The van der Waals surface area contributed by atoms with E-state index in [2.05, 4.69) is 20.9 Å². The minimum atomic E-state index is 0.0415. The molecule has 0 aliphatic rings. The second-order valence-electron chi connectivity index (χ2n) is 6.17.